The monoisotopic (exact) mass is 179 g/mol. The predicted molar refractivity (Wildman–Crippen MR) is 53.6 cm³/mol. The molecule has 0 atom stereocenters. The minimum absolute atomic E-state index is 0.00405. The van der Waals surface area contributed by atoms with Crippen molar-refractivity contribution in [3.8, 4) is 0 Å². The van der Waals surface area contributed by atoms with Gasteiger partial charge in [-0.15, -0.1) is 0 Å². The van der Waals surface area contributed by atoms with Crippen molar-refractivity contribution in [1.29, 1.82) is 0 Å². The summed E-state index contributed by atoms with van der Waals surface area (Å²) in [5, 5.41) is 9.22. The zero-order chi connectivity index (χ0) is 10.1. The van der Waals surface area contributed by atoms with Gasteiger partial charge in [-0.25, -0.2) is 0 Å². The van der Waals surface area contributed by atoms with E-state index in [-0.39, 0.29) is 12.0 Å². The maximum Gasteiger partial charge on any atom is 0.0702 e. The van der Waals surface area contributed by atoms with Crippen molar-refractivity contribution in [1.82, 2.24) is 4.98 Å². The highest BCUT2D eigenvalue weighted by Gasteiger charge is 2.19. The number of hydrogen-bond acceptors (Lipinski definition) is 2. The summed E-state index contributed by atoms with van der Waals surface area (Å²) in [6.45, 7) is 8.39. The molecule has 0 fully saturated rings. The van der Waals surface area contributed by atoms with Gasteiger partial charge in [0.15, 0.2) is 0 Å². The van der Waals surface area contributed by atoms with Crippen LogP contribution in [0.5, 0.6) is 0 Å². The summed E-state index contributed by atoms with van der Waals surface area (Å²) in [7, 11) is 0. The van der Waals surface area contributed by atoms with Gasteiger partial charge in [0.2, 0.25) is 0 Å². The van der Waals surface area contributed by atoms with E-state index < -0.39 is 0 Å². The number of aryl methyl sites for hydroxylation is 1. The maximum atomic E-state index is 9.22. The highest BCUT2D eigenvalue weighted by atomic mass is 16.3. The Morgan fingerprint density at radius 2 is 2.00 bits per heavy atom. The smallest absolute Gasteiger partial charge is 0.0702 e. The van der Waals surface area contributed by atoms with Crippen molar-refractivity contribution in [3.05, 3.63) is 29.1 Å². The number of aliphatic hydroxyl groups excluding tert-OH is 1. The molecule has 0 amide bonds. The second-order valence-electron chi connectivity index (χ2n) is 4.36. The number of nitrogens with zero attached hydrogens (tertiary/aromatic N) is 1. The van der Waals surface area contributed by atoms with Crippen LogP contribution in [0.3, 0.4) is 0 Å². The van der Waals surface area contributed by atoms with E-state index in [0.717, 1.165) is 16.8 Å². The summed E-state index contributed by atoms with van der Waals surface area (Å²) in [6, 6.07) is 1.93. The van der Waals surface area contributed by atoms with Crippen molar-refractivity contribution >= 4 is 0 Å². The minimum atomic E-state index is 0.00405. The Morgan fingerprint density at radius 1 is 1.38 bits per heavy atom. The Kier molecular flexibility index (Phi) is 2.71. The zero-order valence-electron chi connectivity index (χ0n) is 8.76. The third kappa shape index (κ3) is 2.07. The van der Waals surface area contributed by atoms with Crippen molar-refractivity contribution in [2.45, 2.75) is 39.7 Å². The van der Waals surface area contributed by atoms with Gasteiger partial charge in [0.25, 0.3) is 0 Å². The molecule has 0 unspecified atom stereocenters. The normalized spacial score (nSPS) is 11.8. The van der Waals surface area contributed by atoms with Crippen LogP contribution >= 0.6 is 0 Å². The van der Waals surface area contributed by atoms with Gasteiger partial charge in [0.05, 0.1) is 12.3 Å². The molecule has 0 radical (unpaired) electrons. The lowest BCUT2D eigenvalue weighted by molar-refractivity contribution is 0.276. The van der Waals surface area contributed by atoms with Crippen LogP contribution in [0.25, 0.3) is 0 Å². The van der Waals surface area contributed by atoms with E-state index in [0.29, 0.717) is 0 Å². The topological polar surface area (TPSA) is 33.1 Å². The Morgan fingerprint density at radius 3 is 2.38 bits per heavy atom. The molecule has 1 aromatic heterocycles. The van der Waals surface area contributed by atoms with Crippen LogP contribution in [0.15, 0.2) is 12.3 Å². The molecule has 0 aliphatic carbocycles. The van der Waals surface area contributed by atoms with Crippen LogP contribution in [0, 0.1) is 6.92 Å². The highest BCUT2D eigenvalue weighted by molar-refractivity contribution is 5.32. The second-order valence-corrected chi connectivity index (χ2v) is 4.36. The fourth-order valence-electron chi connectivity index (χ4n) is 1.43. The van der Waals surface area contributed by atoms with Crippen LogP contribution in [0.1, 0.15) is 37.6 Å². The molecule has 0 saturated heterocycles. The molecular formula is C11H17NO. The van der Waals surface area contributed by atoms with E-state index in [1.807, 2.05) is 13.0 Å². The molecule has 1 heterocycles. The van der Waals surface area contributed by atoms with E-state index >= 15 is 0 Å². The van der Waals surface area contributed by atoms with Gasteiger partial charge in [0.1, 0.15) is 0 Å². The largest absolute Gasteiger partial charge is 0.392 e. The second kappa shape index (κ2) is 3.46. The quantitative estimate of drug-likeness (QED) is 0.716. The fraction of sp³-hybridized carbons (Fsp3) is 0.545. The zero-order valence-corrected chi connectivity index (χ0v) is 8.76. The summed E-state index contributed by atoms with van der Waals surface area (Å²) < 4.78 is 0. The van der Waals surface area contributed by atoms with Crippen molar-refractivity contribution in [2.24, 2.45) is 0 Å². The number of aliphatic hydroxyl groups is 1. The van der Waals surface area contributed by atoms with Gasteiger partial charge in [-0.1, -0.05) is 20.8 Å². The Bertz CT molecular complexity index is 299. The van der Waals surface area contributed by atoms with Crippen LogP contribution in [0.2, 0.25) is 0 Å². The first kappa shape index (κ1) is 10.2. The van der Waals surface area contributed by atoms with Crippen LogP contribution in [-0.2, 0) is 12.0 Å². The summed E-state index contributed by atoms with van der Waals surface area (Å²) in [6.07, 6.45) is 1.80. The molecular weight excluding hydrogens is 162 g/mol. The molecule has 0 aliphatic rings. The van der Waals surface area contributed by atoms with Gasteiger partial charge in [0, 0.05) is 17.2 Å². The minimum Gasteiger partial charge on any atom is -0.392 e. The molecule has 13 heavy (non-hydrogen) atoms. The van der Waals surface area contributed by atoms with Gasteiger partial charge in [-0.3, -0.25) is 4.98 Å². The molecule has 0 bridgehead atoms. The van der Waals surface area contributed by atoms with E-state index in [9.17, 15) is 5.11 Å². The average Bonchev–Trinajstić information content (AvgIpc) is 2.02. The summed E-state index contributed by atoms with van der Waals surface area (Å²) >= 11 is 0. The van der Waals surface area contributed by atoms with Crippen LogP contribution in [0.4, 0.5) is 0 Å². The molecule has 0 aliphatic heterocycles. The number of hydrogen-bond donors (Lipinski definition) is 1. The molecule has 0 spiro atoms. The lowest BCUT2D eigenvalue weighted by Crippen LogP contribution is -2.17. The van der Waals surface area contributed by atoms with Crippen molar-refractivity contribution < 1.29 is 5.11 Å². The van der Waals surface area contributed by atoms with Gasteiger partial charge in [-0.2, -0.15) is 0 Å². The molecule has 2 nitrogen and oxygen atoms in total. The number of rotatable bonds is 1. The fourth-order valence-corrected chi connectivity index (χ4v) is 1.43. The highest BCUT2D eigenvalue weighted by Crippen LogP contribution is 2.25. The summed E-state index contributed by atoms with van der Waals surface area (Å²) in [5.74, 6) is 0. The number of pyridine rings is 1. The predicted octanol–water partition coefficient (Wildman–Crippen LogP) is 2.18. The first-order valence-corrected chi connectivity index (χ1v) is 4.52. The molecule has 1 N–H and O–H groups in total. The van der Waals surface area contributed by atoms with E-state index in [1.165, 1.54) is 0 Å². The average molecular weight is 179 g/mol. The van der Waals surface area contributed by atoms with Crippen molar-refractivity contribution in [3.63, 3.8) is 0 Å². The summed E-state index contributed by atoms with van der Waals surface area (Å²) in [5.41, 5.74) is 3.08. The first-order chi connectivity index (χ1) is 5.96. The Labute approximate surface area is 79.6 Å². The van der Waals surface area contributed by atoms with Crippen molar-refractivity contribution in [2.75, 3.05) is 0 Å². The first-order valence-electron chi connectivity index (χ1n) is 4.52. The third-order valence-electron chi connectivity index (χ3n) is 2.16. The van der Waals surface area contributed by atoms with E-state index in [1.54, 1.807) is 6.20 Å². The molecule has 1 rings (SSSR count). The van der Waals surface area contributed by atoms with E-state index in [4.69, 9.17) is 0 Å². The van der Waals surface area contributed by atoms with Gasteiger partial charge >= 0.3 is 0 Å². The summed E-state index contributed by atoms with van der Waals surface area (Å²) in [4.78, 5) is 4.32. The lowest BCUT2D eigenvalue weighted by atomic mass is 9.87. The third-order valence-corrected chi connectivity index (χ3v) is 2.16. The van der Waals surface area contributed by atoms with Crippen LogP contribution < -0.4 is 0 Å². The van der Waals surface area contributed by atoms with Crippen LogP contribution in [-0.4, -0.2) is 10.1 Å². The molecule has 72 valence electrons. The SMILES string of the molecule is Cc1ccnc(C(C)(C)C)c1CO. The van der Waals surface area contributed by atoms with E-state index in [2.05, 4.69) is 25.8 Å². The number of aromatic nitrogens is 1. The maximum absolute atomic E-state index is 9.22. The lowest BCUT2D eigenvalue weighted by Gasteiger charge is -2.21. The van der Waals surface area contributed by atoms with Gasteiger partial charge < -0.3 is 5.11 Å². The molecule has 0 aromatic carbocycles. The molecule has 1 aromatic rings. The molecule has 2 heteroatoms. The van der Waals surface area contributed by atoms with Gasteiger partial charge in [-0.05, 0) is 18.6 Å². The molecule has 0 saturated carbocycles. The Balaban J connectivity index is 3.29. The Hall–Kier alpha value is -0.890. The standard InChI is InChI=1S/C11H17NO/c1-8-5-6-12-10(9(8)7-13)11(2,3)4/h5-6,13H,7H2,1-4H3.